The maximum Gasteiger partial charge on any atom is 0.417 e. The first-order valence-electron chi connectivity index (χ1n) is 10.5. The van der Waals surface area contributed by atoms with Gasteiger partial charge in [-0.3, -0.25) is 4.79 Å². The maximum absolute atomic E-state index is 13.4. The Morgan fingerprint density at radius 1 is 0.800 bits per heavy atom. The molecule has 1 N–H and O–H groups in total. The Morgan fingerprint density at radius 2 is 1.43 bits per heavy atom. The fourth-order valence-electron chi connectivity index (χ4n) is 3.50. The number of hydrogen-bond donors (Lipinski definition) is 1. The highest BCUT2D eigenvalue weighted by atomic mass is 35.5. The predicted octanol–water partition coefficient (Wildman–Crippen LogP) is 8.34. The molecule has 0 atom stereocenters. The first kappa shape index (κ1) is 24.2. The molecule has 0 aliphatic carbocycles. The highest BCUT2D eigenvalue weighted by Gasteiger charge is 2.33. The molecule has 2 nitrogen and oxygen atoms in total. The van der Waals surface area contributed by atoms with Crippen molar-refractivity contribution in [2.45, 2.75) is 6.18 Å². The molecule has 35 heavy (non-hydrogen) atoms. The topological polar surface area (TPSA) is 29.1 Å². The van der Waals surface area contributed by atoms with Crippen LogP contribution in [-0.2, 0) is 11.0 Å². The first-order valence-corrected chi connectivity index (χ1v) is 10.9. The van der Waals surface area contributed by atoms with Crippen molar-refractivity contribution in [2.75, 3.05) is 5.32 Å². The molecule has 4 rings (SSSR count). The van der Waals surface area contributed by atoms with Crippen LogP contribution in [0.2, 0.25) is 5.02 Å². The van der Waals surface area contributed by atoms with Gasteiger partial charge in [-0.05, 0) is 58.7 Å². The van der Waals surface area contributed by atoms with Gasteiger partial charge in [-0.1, -0.05) is 78.3 Å². The van der Waals surface area contributed by atoms with Gasteiger partial charge >= 0.3 is 6.18 Å². The summed E-state index contributed by atoms with van der Waals surface area (Å²) in [6.07, 6.45) is -3.12. The molecule has 0 heterocycles. The number of hydrogen-bond acceptors (Lipinski definition) is 1. The number of amides is 1. The summed E-state index contributed by atoms with van der Waals surface area (Å²) in [6, 6.07) is 25.5. The number of carbonyl (C=O) groups excluding carboxylic acids is 1. The number of rotatable bonds is 5. The van der Waals surface area contributed by atoms with Crippen LogP contribution in [0.25, 0.3) is 22.8 Å². The molecule has 1 amide bonds. The van der Waals surface area contributed by atoms with Crippen molar-refractivity contribution in [3.05, 3.63) is 125 Å². The number of benzene rings is 4. The number of anilines is 1. The summed E-state index contributed by atoms with van der Waals surface area (Å²) >= 11 is 5.69. The van der Waals surface area contributed by atoms with Crippen LogP contribution in [0, 0.1) is 5.82 Å². The summed E-state index contributed by atoms with van der Waals surface area (Å²) in [5.41, 5.74) is 2.11. The van der Waals surface area contributed by atoms with Crippen LogP contribution in [0.4, 0.5) is 23.2 Å². The second kappa shape index (κ2) is 10.2. The van der Waals surface area contributed by atoms with Crippen LogP contribution in [0.15, 0.2) is 97.1 Å². The SMILES string of the molecule is O=C(Nc1ccc(Cl)c(C(F)(F)F)c1)/C(=C/c1ccc(F)cc1)c1ccc(-c2ccccc2)cc1. The standard InChI is InChI=1S/C28H18ClF4NO/c29-26-15-14-23(17-25(26)28(31,32)33)34-27(35)24(16-18-6-12-22(30)13-7-18)21-10-8-20(9-11-21)19-4-2-1-3-5-19/h1-17H,(H,34,35)/b24-16+. The van der Waals surface area contributed by atoms with Gasteiger partial charge in [0.2, 0.25) is 0 Å². The number of halogens is 5. The maximum atomic E-state index is 13.4. The van der Waals surface area contributed by atoms with Crippen molar-refractivity contribution in [3.8, 4) is 11.1 Å². The molecule has 0 bridgehead atoms. The van der Waals surface area contributed by atoms with Crippen LogP contribution >= 0.6 is 11.6 Å². The number of nitrogens with one attached hydrogen (secondary N) is 1. The van der Waals surface area contributed by atoms with Crippen LogP contribution in [-0.4, -0.2) is 5.91 Å². The Kier molecular flexibility index (Phi) is 7.03. The predicted molar refractivity (Wildman–Crippen MR) is 131 cm³/mol. The Hall–Kier alpha value is -3.90. The van der Waals surface area contributed by atoms with Gasteiger partial charge in [-0.2, -0.15) is 13.2 Å². The summed E-state index contributed by atoms with van der Waals surface area (Å²) in [6.45, 7) is 0. The zero-order valence-corrected chi connectivity index (χ0v) is 18.9. The summed E-state index contributed by atoms with van der Waals surface area (Å²) in [5, 5.41) is 2.05. The molecule has 0 saturated carbocycles. The van der Waals surface area contributed by atoms with E-state index in [9.17, 15) is 22.4 Å². The van der Waals surface area contributed by atoms with Crippen LogP contribution in [0.1, 0.15) is 16.7 Å². The van der Waals surface area contributed by atoms with Gasteiger partial charge in [0.15, 0.2) is 0 Å². The lowest BCUT2D eigenvalue weighted by atomic mass is 9.98. The summed E-state index contributed by atoms with van der Waals surface area (Å²) in [7, 11) is 0. The van der Waals surface area contributed by atoms with Gasteiger partial charge in [-0.25, -0.2) is 4.39 Å². The van der Waals surface area contributed by atoms with Gasteiger partial charge in [0.05, 0.1) is 10.6 Å². The van der Waals surface area contributed by atoms with E-state index < -0.39 is 28.5 Å². The zero-order chi connectivity index (χ0) is 25.0. The smallest absolute Gasteiger partial charge is 0.322 e. The largest absolute Gasteiger partial charge is 0.417 e. The number of carbonyl (C=O) groups is 1. The third-order valence-electron chi connectivity index (χ3n) is 5.26. The number of alkyl halides is 3. The molecule has 176 valence electrons. The molecule has 0 aliphatic rings. The van der Waals surface area contributed by atoms with Crippen molar-refractivity contribution >= 4 is 34.8 Å². The Balaban J connectivity index is 1.70. The van der Waals surface area contributed by atoms with E-state index >= 15 is 0 Å². The van der Waals surface area contributed by atoms with Crippen molar-refractivity contribution in [2.24, 2.45) is 0 Å². The van der Waals surface area contributed by atoms with Gasteiger partial charge in [0.25, 0.3) is 5.91 Å². The molecule has 0 radical (unpaired) electrons. The highest BCUT2D eigenvalue weighted by Crippen LogP contribution is 2.36. The average molecular weight is 496 g/mol. The Morgan fingerprint density at radius 3 is 2.06 bits per heavy atom. The molecule has 0 aromatic heterocycles. The first-order chi connectivity index (χ1) is 16.7. The lowest BCUT2D eigenvalue weighted by Crippen LogP contribution is -2.15. The van der Waals surface area contributed by atoms with Gasteiger partial charge in [0.1, 0.15) is 5.82 Å². The molecular weight excluding hydrogens is 478 g/mol. The molecular formula is C28H18ClF4NO. The van der Waals surface area contributed by atoms with E-state index in [1.807, 2.05) is 42.5 Å². The molecule has 0 fully saturated rings. The Bertz CT molecular complexity index is 1360. The molecule has 0 aliphatic heterocycles. The Labute approximate surface area is 204 Å². The fourth-order valence-corrected chi connectivity index (χ4v) is 3.72. The van der Waals surface area contributed by atoms with E-state index in [4.69, 9.17) is 11.6 Å². The quantitative estimate of drug-likeness (QED) is 0.168. The normalized spacial score (nSPS) is 11.9. The zero-order valence-electron chi connectivity index (χ0n) is 18.1. The molecule has 0 saturated heterocycles. The summed E-state index contributed by atoms with van der Waals surface area (Å²) in [5.74, 6) is -1.06. The van der Waals surface area contributed by atoms with E-state index in [1.54, 1.807) is 18.2 Å². The van der Waals surface area contributed by atoms with Gasteiger partial charge < -0.3 is 5.32 Å². The molecule has 4 aromatic rings. The minimum absolute atomic E-state index is 0.0577. The lowest BCUT2D eigenvalue weighted by Gasteiger charge is -2.14. The van der Waals surface area contributed by atoms with Crippen molar-refractivity contribution in [3.63, 3.8) is 0 Å². The van der Waals surface area contributed by atoms with E-state index in [-0.39, 0.29) is 11.3 Å². The van der Waals surface area contributed by atoms with Crippen LogP contribution < -0.4 is 5.32 Å². The van der Waals surface area contributed by atoms with Crippen molar-refractivity contribution in [1.82, 2.24) is 0 Å². The lowest BCUT2D eigenvalue weighted by molar-refractivity contribution is -0.137. The fraction of sp³-hybridized carbons (Fsp3) is 0.0357. The monoisotopic (exact) mass is 495 g/mol. The molecule has 0 spiro atoms. The molecule has 4 aromatic carbocycles. The highest BCUT2D eigenvalue weighted by molar-refractivity contribution is 6.32. The summed E-state index contributed by atoms with van der Waals surface area (Å²) in [4.78, 5) is 13.2. The van der Waals surface area contributed by atoms with Gasteiger partial charge in [0, 0.05) is 11.3 Å². The van der Waals surface area contributed by atoms with Crippen LogP contribution in [0.5, 0.6) is 0 Å². The van der Waals surface area contributed by atoms with E-state index in [0.29, 0.717) is 11.1 Å². The van der Waals surface area contributed by atoms with Crippen molar-refractivity contribution in [1.29, 1.82) is 0 Å². The molecule has 7 heteroatoms. The minimum Gasteiger partial charge on any atom is -0.322 e. The summed E-state index contributed by atoms with van der Waals surface area (Å²) < 4.78 is 53.1. The van der Waals surface area contributed by atoms with E-state index in [1.165, 1.54) is 30.3 Å². The third kappa shape index (κ3) is 5.97. The van der Waals surface area contributed by atoms with Gasteiger partial charge in [-0.15, -0.1) is 0 Å². The second-order valence-corrected chi connectivity index (χ2v) is 8.11. The van der Waals surface area contributed by atoms with Crippen molar-refractivity contribution < 1.29 is 22.4 Å². The minimum atomic E-state index is -4.67. The second-order valence-electron chi connectivity index (χ2n) is 7.70. The third-order valence-corrected chi connectivity index (χ3v) is 5.59. The average Bonchev–Trinajstić information content (AvgIpc) is 2.85. The van der Waals surface area contributed by atoms with Crippen LogP contribution in [0.3, 0.4) is 0 Å². The van der Waals surface area contributed by atoms with E-state index in [2.05, 4.69) is 5.32 Å². The molecule has 0 unspecified atom stereocenters. The van der Waals surface area contributed by atoms with E-state index in [0.717, 1.165) is 23.3 Å².